The third-order valence-electron chi connectivity index (χ3n) is 4.46. The van der Waals surface area contributed by atoms with Gasteiger partial charge in [-0.1, -0.05) is 24.3 Å². The first-order valence-corrected chi connectivity index (χ1v) is 9.56. The first kappa shape index (κ1) is 19.3. The first-order valence-electron chi connectivity index (χ1n) is 9.56. The largest absolute Gasteiger partial charge is 0.492 e. The summed E-state index contributed by atoms with van der Waals surface area (Å²) < 4.78 is 17.3. The maximum atomic E-state index is 8.94. The molecule has 1 heterocycles. The van der Waals surface area contributed by atoms with E-state index in [2.05, 4.69) is 17.1 Å². The Labute approximate surface area is 175 Å². The zero-order valence-corrected chi connectivity index (χ0v) is 16.5. The molecule has 4 aromatic rings. The number of hydrogen-bond acceptors (Lipinski definition) is 5. The zero-order valence-electron chi connectivity index (χ0n) is 16.5. The molecule has 0 unspecified atom stereocenters. The van der Waals surface area contributed by atoms with E-state index in [4.69, 9.17) is 19.2 Å². The SMILES string of the molecule is Cc1oc(-c2ccc(Oc3ccccc3)cc2)nc1CCOc1[c]c(C#N)ccc1. The molecule has 0 bridgehead atoms. The predicted octanol–water partition coefficient (Wildman–Crippen LogP) is 5.74. The molecule has 1 aromatic heterocycles. The Balaban J connectivity index is 1.39. The van der Waals surface area contributed by atoms with E-state index in [0.717, 1.165) is 28.5 Å². The van der Waals surface area contributed by atoms with Crippen molar-refractivity contribution in [2.45, 2.75) is 13.3 Å². The number of benzene rings is 3. The van der Waals surface area contributed by atoms with Crippen LogP contribution in [0.5, 0.6) is 17.2 Å². The van der Waals surface area contributed by atoms with Crippen LogP contribution in [0.2, 0.25) is 0 Å². The summed E-state index contributed by atoms with van der Waals surface area (Å²) in [5, 5.41) is 8.94. The number of rotatable bonds is 7. The Bertz CT molecular complexity index is 1160. The number of nitriles is 1. The highest BCUT2D eigenvalue weighted by Gasteiger charge is 2.12. The number of ether oxygens (including phenoxy) is 2. The maximum absolute atomic E-state index is 8.94. The van der Waals surface area contributed by atoms with Crippen LogP contribution in [0.15, 0.2) is 77.2 Å². The van der Waals surface area contributed by atoms with Gasteiger partial charge in [-0.2, -0.15) is 5.26 Å². The van der Waals surface area contributed by atoms with Crippen molar-refractivity contribution in [3.63, 3.8) is 0 Å². The van der Waals surface area contributed by atoms with Crippen LogP contribution in [0, 0.1) is 24.3 Å². The lowest BCUT2D eigenvalue weighted by Crippen LogP contribution is -2.03. The Morgan fingerprint density at radius 2 is 1.73 bits per heavy atom. The van der Waals surface area contributed by atoms with E-state index >= 15 is 0 Å². The summed E-state index contributed by atoms with van der Waals surface area (Å²) in [7, 11) is 0. The molecule has 0 spiro atoms. The molecule has 4 rings (SSSR count). The van der Waals surface area contributed by atoms with Crippen molar-refractivity contribution in [2.75, 3.05) is 6.61 Å². The van der Waals surface area contributed by atoms with Gasteiger partial charge in [-0.15, -0.1) is 0 Å². The summed E-state index contributed by atoms with van der Waals surface area (Å²) >= 11 is 0. The summed E-state index contributed by atoms with van der Waals surface area (Å²) in [4.78, 5) is 4.61. The van der Waals surface area contributed by atoms with Crippen LogP contribution in [0.4, 0.5) is 0 Å². The minimum Gasteiger partial charge on any atom is -0.492 e. The smallest absolute Gasteiger partial charge is 0.226 e. The molecule has 1 radical (unpaired) electrons. The highest BCUT2D eigenvalue weighted by Crippen LogP contribution is 2.27. The van der Waals surface area contributed by atoms with Crippen LogP contribution in [0.1, 0.15) is 17.0 Å². The lowest BCUT2D eigenvalue weighted by molar-refractivity contribution is 0.319. The lowest BCUT2D eigenvalue weighted by atomic mass is 10.2. The number of hydrogen-bond donors (Lipinski definition) is 0. The molecule has 5 nitrogen and oxygen atoms in total. The van der Waals surface area contributed by atoms with E-state index in [1.165, 1.54) is 0 Å². The van der Waals surface area contributed by atoms with Gasteiger partial charge in [-0.25, -0.2) is 4.98 Å². The van der Waals surface area contributed by atoms with Gasteiger partial charge >= 0.3 is 0 Å². The van der Waals surface area contributed by atoms with Gasteiger partial charge in [0.15, 0.2) is 0 Å². The van der Waals surface area contributed by atoms with Gasteiger partial charge < -0.3 is 13.9 Å². The fraction of sp³-hybridized carbons (Fsp3) is 0.120. The maximum Gasteiger partial charge on any atom is 0.226 e. The second-order valence-corrected chi connectivity index (χ2v) is 6.60. The van der Waals surface area contributed by atoms with Gasteiger partial charge in [0.2, 0.25) is 5.89 Å². The fourth-order valence-corrected chi connectivity index (χ4v) is 2.93. The minimum absolute atomic E-state index is 0.419. The van der Waals surface area contributed by atoms with Crippen molar-refractivity contribution in [3.8, 4) is 34.8 Å². The normalized spacial score (nSPS) is 10.4. The van der Waals surface area contributed by atoms with Crippen LogP contribution < -0.4 is 9.47 Å². The van der Waals surface area contributed by atoms with E-state index in [-0.39, 0.29) is 0 Å². The third kappa shape index (κ3) is 4.68. The molecular weight excluding hydrogens is 376 g/mol. The molecule has 0 aliphatic carbocycles. The van der Waals surface area contributed by atoms with Crippen LogP contribution in [0.25, 0.3) is 11.5 Å². The molecule has 30 heavy (non-hydrogen) atoms. The topological polar surface area (TPSA) is 68.3 Å². The van der Waals surface area contributed by atoms with Crippen LogP contribution >= 0.6 is 0 Å². The monoisotopic (exact) mass is 395 g/mol. The molecule has 0 aliphatic rings. The Hall–Kier alpha value is -4.04. The van der Waals surface area contributed by atoms with Gasteiger partial charge in [-0.05, 0) is 55.5 Å². The highest BCUT2D eigenvalue weighted by atomic mass is 16.5. The van der Waals surface area contributed by atoms with Gasteiger partial charge in [0, 0.05) is 18.1 Å². The number of aromatic nitrogens is 1. The molecule has 5 heteroatoms. The van der Waals surface area contributed by atoms with Crippen molar-refractivity contribution >= 4 is 0 Å². The van der Waals surface area contributed by atoms with Crippen LogP contribution in [-0.2, 0) is 6.42 Å². The minimum atomic E-state index is 0.419. The Morgan fingerprint density at radius 3 is 2.50 bits per heavy atom. The van der Waals surface area contributed by atoms with Gasteiger partial charge in [0.1, 0.15) is 23.0 Å². The molecule has 0 atom stereocenters. The van der Waals surface area contributed by atoms with Gasteiger partial charge in [0.05, 0.1) is 23.9 Å². The first-order chi connectivity index (χ1) is 14.7. The average molecular weight is 395 g/mol. The van der Waals surface area contributed by atoms with E-state index in [9.17, 15) is 0 Å². The van der Waals surface area contributed by atoms with Crippen molar-refractivity contribution in [3.05, 3.63) is 95.9 Å². The number of aryl methyl sites for hydroxylation is 1. The zero-order chi connectivity index (χ0) is 20.8. The molecular formula is C25H19N2O3. The number of oxazole rings is 1. The summed E-state index contributed by atoms with van der Waals surface area (Å²) in [5.41, 5.74) is 2.17. The fourth-order valence-electron chi connectivity index (χ4n) is 2.93. The summed E-state index contributed by atoms with van der Waals surface area (Å²) in [6.07, 6.45) is 0.592. The van der Waals surface area contributed by atoms with Gasteiger partial charge in [0.25, 0.3) is 0 Å². The second kappa shape index (κ2) is 8.97. The predicted molar refractivity (Wildman–Crippen MR) is 112 cm³/mol. The molecule has 0 N–H and O–H groups in total. The Kier molecular flexibility index (Phi) is 5.77. The average Bonchev–Trinajstić information content (AvgIpc) is 3.15. The molecule has 0 amide bonds. The molecule has 147 valence electrons. The highest BCUT2D eigenvalue weighted by molar-refractivity contribution is 5.55. The molecule has 3 aromatic carbocycles. The van der Waals surface area contributed by atoms with Crippen LogP contribution in [0.3, 0.4) is 0 Å². The quantitative estimate of drug-likeness (QED) is 0.399. The van der Waals surface area contributed by atoms with Crippen molar-refractivity contribution in [1.29, 1.82) is 5.26 Å². The lowest BCUT2D eigenvalue weighted by Gasteiger charge is -2.05. The van der Waals surface area contributed by atoms with E-state index in [1.54, 1.807) is 18.2 Å². The molecule has 0 aliphatic heterocycles. The van der Waals surface area contributed by atoms with E-state index < -0.39 is 0 Å². The molecule has 0 saturated heterocycles. The van der Waals surface area contributed by atoms with E-state index in [0.29, 0.717) is 30.2 Å². The van der Waals surface area contributed by atoms with Crippen LogP contribution in [-0.4, -0.2) is 11.6 Å². The Morgan fingerprint density at radius 1 is 0.967 bits per heavy atom. The summed E-state index contributed by atoms with van der Waals surface area (Å²) in [5.74, 6) is 3.40. The van der Waals surface area contributed by atoms with E-state index in [1.807, 2.05) is 61.5 Å². The number of nitrogens with zero attached hydrogens (tertiary/aromatic N) is 2. The summed E-state index contributed by atoms with van der Waals surface area (Å²) in [6, 6.07) is 27.5. The van der Waals surface area contributed by atoms with Gasteiger partial charge in [-0.3, -0.25) is 0 Å². The second-order valence-electron chi connectivity index (χ2n) is 6.60. The van der Waals surface area contributed by atoms with Crippen molar-refractivity contribution in [1.82, 2.24) is 4.98 Å². The standard InChI is InChI=1S/C25H19N2O3/c1-18-24(14-15-28-23-9-5-6-19(16-23)17-26)27-25(29-18)20-10-12-22(13-11-20)30-21-7-3-2-4-8-21/h2-13H,14-15H2,1H3. The molecule has 0 saturated carbocycles. The molecule has 0 fully saturated rings. The van der Waals surface area contributed by atoms with Crippen molar-refractivity contribution < 1.29 is 13.9 Å². The van der Waals surface area contributed by atoms with Crippen molar-refractivity contribution in [2.24, 2.45) is 0 Å². The third-order valence-corrected chi connectivity index (χ3v) is 4.46. The number of para-hydroxylation sites is 1. The summed E-state index contributed by atoms with van der Waals surface area (Å²) in [6.45, 7) is 2.31.